The van der Waals surface area contributed by atoms with E-state index in [-0.39, 0.29) is 18.1 Å². The SMILES string of the molecule is CC(=NC(=N)CN)C(O)C(=O)O. The number of nitrogens with one attached hydrogen (secondary N) is 1. The molecule has 1 unspecified atom stereocenters. The highest BCUT2D eigenvalue weighted by Gasteiger charge is 2.16. The normalized spacial score (nSPS) is 14.1. The first kappa shape index (κ1) is 10.7. The molecule has 0 bridgehead atoms. The van der Waals surface area contributed by atoms with Crippen molar-refractivity contribution < 1.29 is 15.0 Å². The fourth-order valence-corrected chi connectivity index (χ4v) is 0.498. The summed E-state index contributed by atoms with van der Waals surface area (Å²) >= 11 is 0. The lowest BCUT2D eigenvalue weighted by Gasteiger charge is -2.03. The Kier molecular flexibility index (Phi) is 4.09. The van der Waals surface area contributed by atoms with Crippen LogP contribution in [-0.2, 0) is 4.79 Å². The van der Waals surface area contributed by atoms with Crippen molar-refractivity contribution in [3.8, 4) is 0 Å². The molecule has 0 aromatic heterocycles. The number of nitrogens with two attached hydrogens (primary N) is 1. The molecule has 0 aliphatic carbocycles. The number of aliphatic hydroxyl groups is 1. The topological polar surface area (TPSA) is 120 Å². The maximum atomic E-state index is 10.2. The van der Waals surface area contributed by atoms with E-state index in [0.717, 1.165) is 0 Å². The van der Waals surface area contributed by atoms with Gasteiger partial charge in [0.05, 0.1) is 12.3 Å². The second kappa shape index (κ2) is 4.58. The summed E-state index contributed by atoms with van der Waals surface area (Å²) in [5.41, 5.74) is 4.99. The van der Waals surface area contributed by atoms with Gasteiger partial charge in [-0.2, -0.15) is 0 Å². The van der Waals surface area contributed by atoms with Crippen LogP contribution in [0.25, 0.3) is 0 Å². The molecule has 0 saturated heterocycles. The molecule has 12 heavy (non-hydrogen) atoms. The minimum absolute atomic E-state index is 0.0436. The van der Waals surface area contributed by atoms with E-state index in [9.17, 15) is 4.79 Å². The number of rotatable bonds is 3. The van der Waals surface area contributed by atoms with Gasteiger partial charge in [0.15, 0.2) is 6.10 Å². The van der Waals surface area contributed by atoms with E-state index in [1.807, 2.05) is 0 Å². The summed E-state index contributed by atoms with van der Waals surface area (Å²) in [6.45, 7) is 1.24. The lowest BCUT2D eigenvalue weighted by Crippen LogP contribution is -2.28. The monoisotopic (exact) mass is 173 g/mol. The van der Waals surface area contributed by atoms with Crippen molar-refractivity contribution in [3.63, 3.8) is 0 Å². The minimum Gasteiger partial charge on any atom is -0.479 e. The van der Waals surface area contributed by atoms with E-state index in [1.165, 1.54) is 6.92 Å². The lowest BCUT2D eigenvalue weighted by atomic mass is 10.2. The second-order valence-electron chi connectivity index (χ2n) is 2.14. The quantitative estimate of drug-likeness (QED) is 0.317. The summed E-state index contributed by atoms with van der Waals surface area (Å²) in [5, 5.41) is 24.2. The standard InChI is InChI=1S/C6H11N3O3/c1-3(5(10)6(11)12)9-4(8)2-7/h5,8,10H,2,7H2,1H3,(H,11,12). The Hall–Kier alpha value is -1.27. The van der Waals surface area contributed by atoms with Crippen LogP contribution < -0.4 is 5.73 Å². The summed E-state index contributed by atoms with van der Waals surface area (Å²) in [5.74, 6) is -1.55. The van der Waals surface area contributed by atoms with Crippen LogP contribution in [0.5, 0.6) is 0 Å². The van der Waals surface area contributed by atoms with Gasteiger partial charge in [-0.05, 0) is 6.92 Å². The Morgan fingerprint density at radius 3 is 2.58 bits per heavy atom. The molecule has 6 heteroatoms. The number of carboxylic acids is 1. The van der Waals surface area contributed by atoms with Crippen molar-refractivity contribution in [1.29, 1.82) is 5.41 Å². The summed E-state index contributed by atoms with van der Waals surface area (Å²) in [6, 6.07) is 0. The van der Waals surface area contributed by atoms with Crippen LogP contribution in [-0.4, -0.2) is 40.4 Å². The summed E-state index contributed by atoms with van der Waals surface area (Å²) in [7, 11) is 0. The van der Waals surface area contributed by atoms with Crippen molar-refractivity contribution >= 4 is 17.5 Å². The van der Waals surface area contributed by atoms with Gasteiger partial charge in [0.1, 0.15) is 5.84 Å². The minimum atomic E-state index is -1.66. The number of amidine groups is 1. The molecule has 0 radical (unpaired) electrons. The zero-order chi connectivity index (χ0) is 9.72. The van der Waals surface area contributed by atoms with Crippen molar-refractivity contribution in [2.75, 3.05) is 6.54 Å². The zero-order valence-electron chi connectivity index (χ0n) is 6.61. The van der Waals surface area contributed by atoms with E-state index in [0.29, 0.717) is 0 Å². The number of hydrogen-bond acceptors (Lipinski definition) is 4. The van der Waals surface area contributed by atoms with E-state index >= 15 is 0 Å². The molecule has 1 atom stereocenters. The number of carbonyl (C=O) groups is 1. The van der Waals surface area contributed by atoms with Crippen LogP contribution >= 0.6 is 0 Å². The van der Waals surface area contributed by atoms with E-state index < -0.39 is 12.1 Å². The van der Waals surface area contributed by atoms with Gasteiger partial charge in [-0.15, -0.1) is 0 Å². The summed E-state index contributed by atoms with van der Waals surface area (Å²) < 4.78 is 0. The smallest absolute Gasteiger partial charge is 0.338 e. The third kappa shape index (κ3) is 3.22. The molecule has 5 N–H and O–H groups in total. The fourth-order valence-electron chi connectivity index (χ4n) is 0.498. The van der Waals surface area contributed by atoms with Gasteiger partial charge in [0.25, 0.3) is 0 Å². The summed E-state index contributed by atoms with van der Waals surface area (Å²) in [4.78, 5) is 13.6. The molecule has 0 fully saturated rings. The Labute approximate surface area is 69.2 Å². The molecular formula is C6H11N3O3. The fraction of sp³-hybridized carbons (Fsp3) is 0.500. The Morgan fingerprint density at radius 2 is 2.25 bits per heavy atom. The number of aliphatic hydroxyl groups excluding tert-OH is 1. The molecule has 0 aromatic carbocycles. The van der Waals surface area contributed by atoms with Gasteiger partial charge < -0.3 is 15.9 Å². The van der Waals surface area contributed by atoms with Gasteiger partial charge in [0.2, 0.25) is 0 Å². The van der Waals surface area contributed by atoms with Crippen LogP contribution in [0, 0.1) is 5.41 Å². The molecule has 0 aromatic rings. The third-order valence-corrected chi connectivity index (χ3v) is 1.13. The molecule has 0 heterocycles. The van der Waals surface area contributed by atoms with Crippen LogP contribution in [0.15, 0.2) is 4.99 Å². The number of aliphatic imine (C=N–C) groups is 1. The van der Waals surface area contributed by atoms with Crippen LogP contribution in [0.4, 0.5) is 0 Å². The average molecular weight is 173 g/mol. The highest BCUT2D eigenvalue weighted by molar-refractivity contribution is 6.07. The van der Waals surface area contributed by atoms with Gasteiger partial charge in [-0.1, -0.05) is 0 Å². The maximum absolute atomic E-state index is 10.2. The van der Waals surface area contributed by atoms with Crippen LogP contribution in [0.3, 0.4) is 0 Å². The Bertz CT molecular complexity index is 224. The van der Waals surface area contributed by atoms with Crippen molar-refractivity contribution in [1.82, 2.24) is 0 Å². The first-order valence-electron chi connectivity index (χ1n) is 3.22. The number of aliphatic carboxylic acids is 1. The third-order valence-electron chi connectivity index (χ3n) is 1.13. The van der Waals surface area contributed by atoms with Gasteiger partial charge in [0, 0.05) is 0 Å². The maximum Gasteiger partial charge on any atom is 0.338 e. The predicted octanol–water partition coefficient (Wildman–Crippen LogP) is -1.17. The molecule has 6 nitrogen and oxygen atoms in total. The van der Waals surface area contributed by atoms with Gasteiger partial charge >= 0.3 is 5.97 Å². The Balaban J connectivity index is 4.36. The van der Waals surface area contributed by atoms with E-state index in [1.54, 1.807) is 0 Å². The summed E-state index contributed by atoms with van der Waals surface area (Å²) in [6.07, 6.45) is -1.66. The lowest BCUT2D eigenvalue weighted by molar-refractivity contribution is -0.143. The average Bonchev–Trinajstić information content (AvgIpc) is 2.02. The van der Waals surface area contributed by atoms with Gasteiger partial charge in [-0.3, -0.25) is 5.41 Å². The number of carboxylic acid groups (broad SMARTS) is 1. The first-order chi connectivity index (χ1) is 5.49. The number of hydrogen-bond donors (Lipinski definition) is 4. The van der Waals surface area contributed by atoms with Crippen molar-refractivity contribution in [2.45, 2.75) is 13.0 Å². The van der Waals surface area contributed by atoms with Crippen molar-refractivity contribution in [2.24, 2.45) is 10.7 Å². The molecule has 0 rings (SSSR count). The number of nitrogens with zero attached hydrogens (tertiary/aromatic N) is 1. The van der Waals surface area contributed by atoms with Crippen molar-refractivity contribution in [3.05, 3.63) is 0 Å². The highest BCUT2D eigenvalue weighted by Crippen LogP contribution is 1.89. The van der Waals surface area contributed by atoms with E-state index in [2.05, 4.69) is 4.99 Å². The Morgan fingerprint density at radius 1 is 1.75 bits per heavy atom. The predicted molar refractivity (Wildman–Crippen MR) is 43.5 cm³/mol. The highest BCUT2D eigenvalue weighted by atomic mass is 16.4. The molecular weight excluding hydrogens is 162 g/mol. The van der Waals surface area contributed by atoms with E-state index in [4.69, 9.17) is 21.4 Å². The molecule has 0 aliphatic heterocycles. The first-order valence-corrected chi connectivity index (χ1v) is 3.22. The molecule has 68 valence electrons. The second-order valence-corrected chi connectivity index (χ2v) is 2.14. The van der Waals surface area contributed by atoms with Gasteiger partial charge in [-0.25, -0.2) is 9.79 Å². The molecule has 0 aliphatic rings. The molecule has 0 spiro atoms. The zero-order valence-corrected chi connectivity index (χ0v) is 6.61. The van der Waals surface area contributed by atoms with Crippen LogP contribution in [0.1, 0.15) is 6.92 Å². The molecule has 0 amide bonds. The van der Waals surface area contributed by atoms with Crippen LogP contribution in [0.2, 0.25) is 0 Å². The largest absolute Gasteiger partial charge is 0.479 e. The molecule has 0 saturated carbocycles.